The van der Waals surface area contributed by atoms with Crippen molar-refractivity contribution >= 4 is 41.0 Å². The lowest BCUT2D eigenvalue weighted by Crippen LogP contribution is -2.27. The second-order valence-corrected chi connectivity index (χ2v) is 5.59. The van der Waals surface area contributed by atoms with E-state index in [2.05, 4.69) is 5.32 Å². The Hall–Kier alpha value is -1.46. The molecule has 1 rings (SSSR count). The molecule has 0 saturated heterocycles. The summed E-state index contributed by atoms with van der Waals surface area (Å²) in [5.41, 5.74) is -0.952. The van der Waals surface area contributed by atoms with Gasteiger partial charge >= 0.3 is 12.1 Å². The smallest absolute Gasteiger partial charge is 0.412 e. The van der Waals surface area contributed by atoms with Gasteiger partial charge in [0, 0.05) is 5.02 Å². The van der Waals surface area contributed by atoms with Crippen LogP contribution < -0.4 is 5.32 Å². The van der Waals surface area contributed by atoms with Crippen molar-refractivity contribution in [2.24, 2.45) is 0 Å². The minimum absolute atomic E-state index is 0.0146. The Balaban J connectivity index is 3.07. The third kappa shape index (κ3) is 4.61. The lowest BCUT2D eigenvalue weighted by molar-refractivity contribution is 0.0636. The number of amides is 1. The van der Waals surface area contributed by atoms with Gasteiger partial charge in [-0.25, -0.2) is 9.59 Å². The topological polar surface area (TPSA) is 75.6 Å². The van der Waals surface area contributed by atoms with Crippen LogP contribution in [-0.2, 0) is 4.74 Å². The molecule has 19 heavy (non-hydrogen) atoms. The zero-order valence-electron chi connectivity index (χ0n) is 10.6. The predicted octanol–water partition coefficient (Wildman–Crippen LogP) is 4.04. The molecule has 1 amide bonds. The van der Waals surface area contributed by atoms with E-state index in [1.807, 2.05) is 0 Å². The monoisotopic (exact) mass is 305 g/mol. The van der Waals surface area contributed by atoms with Crippen LogP contribution in [0.4, 0.5) is 10.5 Å². The average molecular weight is 306 g/mol. The molecule has 1 aromatic carbocycles. The number of aromatic carboxylic acids is 1. The van der Waals surface area contributed by atoms with Gasteiger partial charge in [0.15, 0.2) is 0 Å². The van der Waals surface area contributed by atoms with E-state index < -0.39 is 17.7 Å². The van der Waals surface area contributed by atoms with Crippen molar-refractivity contribution in [3.63, 3.8) is 0 Å². The van der Waals surface area contributed by atoms with Crippen molar-refractivity contribution in [3.8, 4) is 0 Å². The van der Waals surface area contributed by atoms with Crippen molar-refractivity contribution in [1.82, 2.24) is 0 Å². The van der Waals surface area contributed by atoms with Crippen LogP contribution in [0.1, 0.15) is 31.1 Å². The van der Waals surface area contributed by atoms with Crippen LogP contribution in [0.3, 0.4) is 0 Å². The van der Waals surface area contributed by atoms with E-state index >= 15 is 0 Å². The Morgan fingerprint density at radius 2 is 1.84 bits per heavy atom. The number of rotatable bonds is 2. The van der Waals surface area contributed by atoms with Crippen molar-refractivity contribution < 1.29 is 19.4 Å². The summed E-state index contributed by atoms with van der Waals surface area (Å²) in [5, 5.41) is 11.5. The minimum atomic E-state index is -1.27. The summed E-state index contributed by atoms with van der Waals surface area (Å²) in [6, 6.07) is 2.58. The summed E-state index contributed by atoms with van der Waals surface area (Å²) in [5.74, 6) is -1.27. The summed E-state index contributed by atoms with van der Waals surface area (Å²) in [6.45, 7) is 5.07. The first-order valence-corrected chi connectivity index (χ1v) is 6.08. The molecule has 104 valence electrons. The number of carboxylic acids is 1. The summed E-state index contributed by atoms with van der Waals surface area (Å²) in [6.07, 6.45) is -0.784. The average Bonchev–Trinajstić information content (AvgIpc) is 2.10. The quantitative estimate of drug-likeness (QED) is 0.864. The third-order valence-electron chi connectivity index (χ3n) is 1.90. The van der Waals surface area contributed by atoms with Crippen LogP contribution >= 0.6 is 23.2 Å². The fourth-order valence-electron chi connectivity index (χ4n) is 1.30. The van der Waals surface area contributed by atoms with Gasteiger partial charge in [-0.15, -0.1) is 0 Å². The van der Waals surface area contributed by atoms with Gasteiger partial charge in [-0.05, 0) is 32.9 Å². The summed E-state index contributed by atoms with van der Waals surface area (Å²) < 4.78 is 5.03. The van der Waals surface area contributed by atoms with E-state index in [1.165, 1.54) is 12.1 Å². The van der Waals surface area contributed by atoms with Gasteiger partial charge in [0.1, 0.15) is 11.2 Å². The fraction of sp³-hybridized carbons (Fsp3) is 0.333. The van der Waals surface area contributed by atoms with Crippen molar-refractivity contribution in [3.05, 3.63) is 27.7 Å². The number of halogens is 2. The second kappa shape index (κ2) is 5.67. The molecule has 0 aliphatic rings. The maximum atomic E-state index is 11.6. The number of ether oxygens (including phenoxy) is 1. The number of benzene rings is 1. The van der Waals surface area contributed by atoms with Gasteiger partial charge in [0.25, 0.3) is 0 Å². The summed E-state index contributed by atoms with van der Waals surface area (Å²) in [4.78, 5) is 22.7. The van der Waals surface area contributed by atoms with E-state index in [4.69, 9.17) is 33.0 Å². The Kier molecular flexibility index (Phi) is 4.66. The normalized spacial score (nSPS) is 11.0. The zero-order chi connectivity index (χ0) is 14.8. The predicted molar refractivity (Wildman–Crippen MR) is 73.3 cm³/mol. The van der Waals surface area contributed by atoms with Crippen LogP contribution in [0.5, 0.6) is 0 Å². The highest BCUT2D eigenvalue weighted by Crippen LogP contribution is 2.29. The molecule has 0 radical (unpaired) electrons. The molecule has 0 unspecified atom stereocenters. The minimum Gasteiger partial charge on any atom is -0.478 e. The Morgan fingerprint density at radius 3 is 2.32 bits per heavy atom. The van der Waals surface area contributed by atoms with E-state index in [0.29, 0.717) is 0 Å². The fourth-order valence-corrected chi connectivity index (χ4v) is 1.88. The Labute approximate surface area is 120 Å². The van der Waals surface area contributed by atoms with Gasteiger partial charge in [-0.2, -0.15) is 0 Å². The van der Waals surface area contributed by atoms with Gasteiger partial charge in [0.05, 0.1) is 10.7 Å². The number of carboxylic acid groups (broad SMARTS) is 1. The lowest BCUT2D eigenvalue weighted by Gasteiger charge is -2.20. The maximum absolute atomic E-state index is 11.6. The molecule has 0 aromatic heterocycles. The molecule has 0 fully saturated rings. The number of hydrogen-bond acceptors (Lipinski definition) is 3. The van der Waals surface area contributed by atoms with Gasteiger partial charge in [0.2, 0.25) is 0 Å². The first-order valence-electron chi connectivity index (χ1n) is 5.32. The SMILES string of the molecule is CC(C)(C)OC(=O)Nc1cc(Cl)cc(Cl)c1C(=O)O. The van der Waals surface area contributed by atoms with Crippen LogP contribution in [0.2, 0.25) is 10.0 Å². The molecule has 1 aromatic rings. The van der Waals surface area contributed by atoms with Gasteiger partial charge in [-0.3, -0.25) is 5.32 Å². The van der Waals surface area contributed by atoms with Crippen molar-refractivity contribution in [2.45, 2.75) is 26.4 Å². The molecule has 0 heterocycles. The van der Waals surface area contributed by atoms with Crippen molar-refractivity contribution in [1.29, 1.82) is 0 Å². The molecule has 0 atom stereocenters. The molecule has 0 saturated carbocycles. The van der Waals surface area contributed by atoms with Gasteiger partial charge < -0.3 is 9.84 Å². The number of anilines is 1. The van der Waals surface area contributed by atoms with Crippen LogP contribution in [-0.4, -0.2) is 22.8 Å². The van der Waals surface area contributed by atoms with Crippen LogP contribution in [0.25, 0.3) is 0 Å². The molecular weight excluding hydrogens is 293 g/mol. The number of hydrogen-bond donors (Lipinski definition) is 2. The number of nitrogens with one attached hydrogen (secondary N) is 1. The first kappa shape index (κ1) is 15.6. The highest BCUT2D eigenvalue weighted by atomic mass is 35.5. The van der Waals surface area contributed by atoms with E-state index in [1.54, 1.807) is 20.8 Å². The second-order valence-electron chi connectivity index (χ2n) is 4.74. The molecular formula is C12H13Cl2NO4. The van der Waals surface area contributed by atoms with Crippen molar-refractivity contribution in [2.75, 3.05) is 5.32 Å². The molecule has 5 nitrogen and oxygen atoms in total. The molecule has 2 N–H and O–H groups in total. The molecule has 0 aliphatic heterocycles. The molecule has 7 heteroatoms. The maximum Gasteiger partial charge on any atom is 0.412 e. The summed E-state index contributed by atoms with van der Waals surface area (Å²) in [7, 11) is 0. The third-order valence-corrected chi connectivity index (χ3v) is 2.42. The zero-order valence-corrected chi connectivity index (χ0v) is 12.1. The largest absolute Gasteiger partial charge is 0.478 e. The van der Waals surface area contributed by atoms with Crippen LogP contribution in [0, 0.1) is 0 Å². The molecule has 0 spiro atoms. The highest BCUT2D eigenvalue weighted by Gasteiger charge is 2.21. The number of carbonyl (C=O) groups excluding carboxylic acids is 1. The first-order chi connectivity index (χ1) is 8.60. The lowest BCUT2D eigenvalue weighted by atomic mass is 10.1. The number of carbonyl (C=O) groups is 2. The standard InChI is InChI=1S/C12H13Cl2NO4/c1-12(2,3)19-11(18)15-8-5-6(13)4-7(14)9(8)10(16)17/h4-5H,1-3H3,(H,15,18)(H,16,17). The van der Waals surface area contributed by atoms with Crippen LogP contribution in [0.15, 0.2) is 12.1 Å². The highest BCUT2D eigenvalue weighted by molar-refractivity contribution is 6.37. The molecule has 0 bridgehead atoms. The Morgan fingerprint density at radius 1 is 1.26 bits per heavy atom. The van der Waals surface area contributed by atoms with E-state index in [0.717, 1.165) is 0 Å². The van der Waals surface area contributed by atoms with E-state index in [-0.39, 0.29) is 21.3 Å². The van der Waals surface area contributed by atoms with Gasteiger partial charge in [-0.1, -0.05) is 23.2 Å². The summed E-state index contributed by atoms with van der Waals surface area (Å²) >= 11 is 11.6. The van der Waals surface area contributed by atoms with E-state index in [9.17, 15) is 9.59 Å². The Bertz CT molecular complexity index is 523. The molecule has 0 aliphatic carbocycles.